The number of halogens is 2. The van der Waals surface area contributed by atoms with Crippen LogP contribution in [0.25, 0.3) is 11.3 Å². The fourth-order valence-electron chi connectivity index (χ4n) is 2.26. The van der Waals surface area contributed by atoms with Gasteiger partial charge in [0, 0.05) is 11.6 Å². The summed E-state index contributed by atoms with van der Waals surface area (Å²) in [6.45, 7) is 1.91. The van der Waals surface area contributed by atoms with E-state index in [-0.39, 0.29) is 17.6 Å². The molecule has 0 spiro atoms. The van der Waals surface area contributed by atoms with Gasteiger partial charge in [-0.3, -0.25) is 4.79 Å². The van der Waals surface area contributed by atoms with Gasteiger partial charge in [0.25, 0.3) is 5.91 Å². The molecule has 1 heterocycles. The monoisotopic (exact) mass is 360 g/mol. The highest BCUT2D eigenvalue weighted by atomic mass is 35.5. The maximum Gasteiger partial charge on any atom is 0.273 e. The molecule has 122 valence electrons. The van der Waals surface area contributed by atoms with Gasteiger partial charge in [-0.05, 0) is 30.7 Å². The van der Waals surface area contributed by atoms with Crippen LogP contribution < -0.4 is 5.32 Å². The molecule has 1 atom stereocenters. The molecule has 4 nitrogen and oxygen atoms in total. The third kappa shape index (κ3) is 3.61. The predicted octanol–water partition coefficient (Wildman–Crippen LogP) is 5.14. The summed E-state index contributed by atoms with van der Waals surface area (Å²) in [7, 11) is 0. The number of hydrogen-bond acceptors (Lipinski definition) is 3. The maximum atomic E-state index is 12.3. The van der Waals surface area contributed by atoms with Gasteiger partial charge in [-0.1, -0.05) is 58.7 Å². The Balaban J connectivity index is 1.75. The molecule has 1 N–H and O–H groups in total. The lowest BCUT2D eigenvalue weighted by Gasteiger charge is -2.12. The molecule has 3 aromatic rings. The Labute approximate surface area is 149 Å². The van der Waals surface area contributed by atoms with Gasteiger partial charge >= 0.3 is 0 Å². The van der Waals surface area contributed by atoms with Crippen molar-refractivity contribution in [2.45, 2.75) is 13.0 Å². The molecular formula is C18H14Cl2N2O2. The Morgan fingerprint density at radius 3 is 2.54 bits per heavy atom. The van der Waals surface area contributed by atoms with E-state index in [0.29, 0.717) is 21.4 Å². The van der Waals surface area contributed by atoms with Crippen LogP contribution in [-0.4, -0.2) is 11.1 Å². The molecule has 0 aliphatic rings. The summed E-state index contributed by atoms with van der Waals surface area (Å²) in [6.07, 6.45) is 0. The van der Waals surface area contributed by atoms with Gasteiger partial charge in [0.1, 0.15) is 0 Å². The lowest BCUT2D eigenvalue weighted by Crippen LogP contribution is -2.26. The number of nitrogens with one attached hydrogen (secondary N) is 1. The van der Waals surface area contributed by atoms with Crippen molar-refractivity contribution < 1.29 is 9.32 Å². The standard InChI is InChI=1S/C18H14Cl2N2O2/c1-11(12-5-3-2-4-6-12)21-18(23)16-10-17(24-22-16)13-7-8-14(19)15(20)9-13/h2-11H,1H3,(H,21,23)/t11-/m1/s1. The zero-order valence-electron chi connectivity index (χ0n) is 12.8. The SMILES string of the molecule is C[C@@H](NC(=O)c1cc(-c2ccc(Cl)c(Cl)c2)on1)c1ccccc1. The third-order valence-electron chi connectivity index (χ3n) is 3.59. The van der Waals surface area contributed by atoms with Crippen LogP contribution in [-0.2, 0) is 0 Å². The Morgan fingerprint density at radius 2 is 1.83 bits per heavy atom. The number of carbonyl (C=O) groups excluding carboxylic acids is 1. The van der Waals surface area contributed by atoms with Gasteiger partial charge in [0.2, 0.25) is 0 Å². The Bertz CT molecular complexity index is 862. The smallest absolute Gasteiger partial charge is 0.273 e. The lowest BCUT2D eigenvalue weighted by atomic mass is 10.1. The van der Waals surface area contributed by atoms with Crippen LogP contribution in [0.4, 0.5) is 0 Å². The number of benzene rings is 2. The van der Waals surface area contributed by atoms with Crippen molar-refractivity contribution in [1.82, 2.24) is 10.5 Å². The summed E-state index contributed by atoms with van der Waals surface area (Å²) < 4.78 is 5.24. The van der Waals surface area contributed by atoms with E-state index < -0.39 is 0 Å². The summed E-state index contributed by atoms with van der Waals surface area (Å²) in [5, 5.41) is 7.58. The van der Waals surface area contributed by atoms with Crippen LogP contribution >= 0.6 is 23.2 Å². The van der Waals surface area contributed by atoms with Gasteiger partial charge in [-0.2, -0.15) is 0 Å². The van der Waals surface area contributed by atoms with Crippen LogP contribution in [0.3, 0.4) is 0 Å². The van der Waals surface area contributed by atoms with E-state index in [0.717, 1.165) is 5.56 Å². The molecule has 0 saturated carbocycles. The summed E-state index contributed by atoms with van der Waals surface area (Å²) in [5.41, 5.74) is 1.92. The van der Waals surface area contributed by atoms with Gasteiger partial charge in [0.15, 0.2) is 11.5 Å². The van der Waals surface area contributed by atoms with E-state index in [2.05, 4.69) is 10.5 Å². The average Bonchev–Trinajstić information content (AvgIpc) is 3.08. The highest BCUT2D eigenvalue weighted by Gasteiger charge is 2.17. The number of rotatable bonds is 4. The second kappa shape index (κ2) is 7.07. The summed E-state index contributed by atoms with van der Waals surface area (Å²) in [5.74, 6) is 0.146. The molecule has 0 saturated heterocycles. The molecule has 0 aliphatic carbocycles. The molecular weight excluding hydrogens is 347 g/mol. The van der Waals surface area contributed by atoms with Crippen LogP contribution in [0.15, 0.2) is 59.1 Å². The Kier molecular flexibility index (Phi) is 4.88. The van der Waals surface area contributed by atoms with E-state index >= 15 is 0 Å². The fourth-order valence-corrected chi connectivity index (χ4v) is 2.56. The van der Waals surface area contributed by atoms with E-state index in [9.17, 15) is 4.79 Å². The summed E-state index contributed by atoms with van der Waals surface area (Å²) >= 11 is 11.9. The highest BCUT2D eigenvalue weighted by molar-refractivity contribution is 6.42. The van der Waals surface area contributed by atoms with Crippen LogP contribution in [0.2, 0.25) is 10.0 Å². The molecule has 6 heteroatoms. The molecule has 0 unspecified atom stereocenters. The van der Waals surface area contributed by atoms with Crippen molar-refractivity contribution in [2.75, 3.05) is 0 Å². The van der Waals surface area contributed by atoms with Gasteiger partial charge in [0.05, 0.1) is 16.1 Å². The van der Waals surface area contributed by atoms with Crippen LogP contribution in [0.5, 0.6) is 0 Å². The Hall–Kier alpha value is -2.30. The quantitative estimate of drug-likeness (QED) is 0.700. The molecule has 24 heavy (non-hydrogen) atoms. The average molecular weight is 361 g/mol. The van der Waals surface area contributed by atoms with E-state index in [1.807, 2.05) is 37.3 Å². The molecule has 2 aromatic carbocycles. The first kappa shape index (κ1) is 16.6. The van der Waals surface area contributed by atoms with E-state index in [1.165, 1.54) is 0 Å². The van der Waals surface area contributed by atoms with Crippen molar-refractivity contribution in [3.8, 4) is 11.3 Å². The molecule has 3 rings (SSSR count). The minimum absolute atomic E-state index is 0.135. The minimum atomic E-state index is -0.304. The first-order chi connectivity index (χ1) is 11.5. The van der Waals surface area contributed by atoms with Crippen LogP contribution in [0.1, 0.15) is 29.0 Å². The largest absolute Gasteiger partial charge is 0.355 e. The molecule has 1 aromatic heterocycles. The number of amides is 1. The zero-order valence-corrected chi connectivity index (χ0v) is 14.3. The first-order valence-corrected chi connectivity index (χ1v) is 8.08. The van der Waals surface area contributed by atoms with Crippen molar-refractivity contribution in [3.05, 3.63) is 75.9 Å². The number of carbonyl (C=O) groups is 1. The normalized spacial score (nSPS) is 12.0. The fraction of sp³-hybridized carbons (Fsp3) is 0.111. The second-order valence-electron chi connectivity index (χ2n) is 5.31. The minimum Gasteiger partial charge on any atom is -0.355 e. The topological polar surface area (TPSA) is 55.1 Å². The zero-order chi connectivity index (χ0) is 17.1. The van der Waals surface area contributed by atoms with E-state index in [1.54, 1.807) is 24.3 Å². The van der Waals surface area contributed by atoms with Crippen molar-refractivity contribution in [3.63, 3.8) is 0 Å². The molecule has 1 amide bonds. The molecule has 0 bridgehead atoms. The highest BCUT2D eigenvalue weighted by Crippen LogP contribution is 2.29. The van der Waals surface area contributed by atoms with Crippen LogP contribution in [0, 0.1) is 0 Å². The summed E-state index contributed by atoms with van der Waals surface area (Å²) in [4.78, 5) is 12.3. The maximum absolute atomic E-state index is 12.3. The van der Waals surface area contributed by atoms with Crippen molar-refractivity contribution in [1.29, 1.82) is 0 Å². The van der Waals surface area contributed by atoms with Gasteiger partial charge in [-0.15, -0.1) is 0 Å². The van der Waals surface area contributed by atoms with Gasteiger partial charge in [-0.25, -0.2) is 0 Å². The lowest BCUT2D eigenvalue weighted by molar-refractivity contribution is 0.0931. The van der Waals surface area contributed by atoms with Crippen molar-refractivity contribution >= 4 is 29.1 Å². The van der Waals surface area contributed by atoms with Gasteiger partial charge < -0.3 is 9.84 Å². The van der Waals surface area contributed by atoms with Crippen molar-refractivity contribution in [2.24, 2.45) is 0 Å². The second-order valence-corrected chi connectivity index (χ2v) is 6.13. The predicted molar refractivity (Wildman–Crippen MR) is 94.3 cm³/mol. The number of hydrogen-bond donors (Lipinski definition) is 1. The first-order valence-electron chi connectivity index (χ1n) is 7.32. The molecule has 0 fully saturated rings. The molecule has 0 aliphatic heterocycles. The summed E-state index contributed by atoms with van der Waals surface area (Å²) in [6, 6.07) is 16.2. The Morgan fingerprint density at radius 1 is 1.08 bits per heavy atom. The van der Waals surface area contributed by atoms with E-state index in [4.69, 9.17) is 27.7 Å². The third-order valence-corrected chi connectivity index (χ3v) is 4.33. The number of aromatic nitrogens is 1. The number of nitrogens with zero attached hydrogens (tertiary/aromatic N) is 1. The molecule has 0 radical (unpaired) electrons.